The van der Waals surface area contributed by atoms with Gasteiger partial charge in [0, 0.05) is 24.3 Å². The van der Waals surface area contributed by atoms with Gasteiger partial charge >= 0.3 is 0 Å². The van der Waals surface area contributed by atoms with Crippen LogP contribution in [-0.2, 0) is 10.0 Å². The monoisotopic (exact) mass is 396 g/mol. The van der Waals surface area contributed by atoms with Gasteiger partial charge < -0.3 is 5.32 Å². The summed E-state index contributed by atoms with van der Waals surface area (Å²) >= 11 is 6.08. The number of nitrogens with one attached hydrogen (secondary N) is 1. The summed E-state index contributed by atoms with van der Waals surface area (Å²) in [5.74, 6) is -1.01. The summed E-state index contributed by atoms with van der Waals surface area (Å²) in [6, 6.07) is 8.15. The highest BCUT2D eigenvalue weighted by molar-refractivity contribution is 7.89. The van der Waals surface area contributed by atoms with Gasteiger partial charge in [-0.3, -0.25) is 4.79 Å². The number of aryl methyl sites for hydroxylation is 1. The van der Waals surface area contributed by atoms with Crippen LogP contribution in [0.4, 0.5) is 10.1 Å². The lowest BCUT2D eigenvalue weighted by Gasteiger charge is -2.17. The highest BCUT2D eigenvalue weighted by atomic mass is 35.5. The van der Waals surface area contributed by atoms with E-state index in [0.29, 0.717) is 24.3 Å². The van der Waals surface area contributed by atoms with Gasteiger partial charge in [-0.1, -0.05) is 17.7 Å². The molecule has 0 aliphatic carbocycles. The molecule has 2 aromatic rings. The van der Waals surface area contributed by atoms with Gasteiger partial charge in [-0.05, 0) is 55.7 Å². The second-order valence-corrected chi connectivity index (χ2v) is 8.48. The Labute approximate surface area is 156 Å². The number of amides is 1. The minimum absolute atomic E-state index is 0.0652. The average Bonchev–Trinajstić information content (AvgIpc) is 3.13. The van der Waals surface area contributed by atoms with Crippen molar-refractivity contribution in [1.29, 1.82) is 0 Å². The van der Waals surface area contributed by atoms with Crippen LogP contribution in [0.5, 0.6) is 0 Å². The molecule has 1 aliphatic heterocycles. The molecule has 1 saturated heterocycles. The second-order valence-electron chi connectivity index (χ2n) is 6.17. The minimum atomic E-state index is -3.75. The SMILES string of the molecule is Cc1ccc(F)cc1NC(=O)c1ccc(Cl)c(S(=O)(=O)N2CCCC2)c1. The van der Waals surface area contributed by atoms with Gasteiger partial charge in [0.05, 0.1) is 5.02 Å². The Morgan fingerprint density at radius 2 is 1.85 bits per heavy atom. The van der Waals surface area contributed by atoms with Gasteiger partial charge in [-0.15, -0.1) is 0 Å². The summed E-state index contributed by atoms with van der Waals surface area (Å²) in [6.45, 7) is 2.62. The fourth-order valence-corrected chi connectivity index (χ4v) is 4.85. The Hall–Kier alpha value is -1.96. The van der Waals surface area contributed by atoms with E-state index in [1.54, 1.807) is 13.0 Å². The van der Waals surface area contributed by atoms with E-state index in [1.165, 1.54) is 34.6 Å². The fraction of sp³-hybridized carbons (Fsp3) is 0.278. The highest BCUT2D eigenvalue weighted by Gasteiger charge is 2.29. The summed E-state index contributed by atoms with van der Waals surface area (Å²) in [7, 11) is -3.75. The maximum atomic E-state index is 13.4. The summed E-state index contributed by atoms with van der Waals surface area (Å²) in [5.41, 5.74) is 1.16. The topological polar surface area (TPSA) is 66.5 Å². The normalized spacial score (nSPS) is 15.2. The van der Waals surface area contributed by atoms with Crippen LogP contribution in [0.3, 0.4) is 0 Å². The number of sulfonamides is 1. The molecule has 0 unspecified atom stereocenters. The van der Waals surface area contributed by atoms with Crippen LogP contribution in [0.15, 0.2) is 41.3 Å². The smallest absolute Gasteiger partial charge is 0.255 e. The van der Waals surface area contributed by atoms with E-state index in [1.807, 2.05) is 0 Å². The number of rotatable bonds is 4. The zero-order chi connectivity index (χ0) is 18.9. The zero-order valence-electron chi connectivity index (χ0n) is 14.1. The molecular formula is C18H18ClFN2O3S. The number of nitrogens with zero attached hydrogens (tertiary/aromatic N) is 1. The molecule has 8 heteroatoms. The molecule has 0 spiro atoms. The van der Waals surface area contributed by atoms with E-state index in [2.05, 4.69) is 5.32 Å². The zero-order valence-corrected chi connectivity index (χ0v) is 15.7. The van der Waals surface area contributed by atoms with E-state index >= 15 is 0 Å². The van der Waals surface area contributed by atoms with Crippen LogP contribution in [0.1, 0.15) is 28.8 Å². The largest absolute Gasteiger partial charge is 0.322 e. The molecule has 3 rings (SSSR count). The lowest BCUT2D eigenvalue weighted by Crippen LogP contribution is -2.28. The fourth-order valence-electron chi connectivity index (χ4n) is 2.83. The van der Waals surface area contributed by atoms with E-state index in [4.69, 9.17) is 11.6 Å². The van der Waals surface area contributed by atoms with Crippen molar-refractivity contribution in [2.45, 2.75) is 24.7 Å². The van der Waals surface area contributed by atoms with Gasteiger partial charge in [0.2, 0.25) is 10.0 Å². The number of carbonyl (C=O) groups excluding carboxylic acids is 1. The molecule has 0 atom stereocenters. The maximum Gasteiger partial charge on any atom is 0.255 e. The summed E-state index contributed by atoms with van der Waals surface area (Å²) in [4.78, 5) is 12.4. The van der Waals surface area contributed by atoms with Crippen molar-refractivity contribution >= 4 is 33.2 Å². The molecule has 1 N–H and O–H groups in total. The summed E-state index contributed by atoms with van der Waals surface area (Å²) in [5, 5.41) is 2.67. The van der Waals surface area contributed by atoms with Gasteiger partial charge in [0.1, 0.15) is 10.7 Å². The first-order valence-electron chi connectivity index (χ1n) is 8.16. The second kappa shape index (κ2) is 7.34. The number of benzene rings is 2. The Kier molecular flexibility index (Phi) is 5.32. The van der Waals surface area contributed by atoms with Crippen LogP contribution in [0.25, 0.3) is 0 Å². The van der Waals surface area contributed by atoms with Crippen molar-refractivity contribution in [2.24, 2.45) is 0 Å². The molecule has 1 aliphatic rings. The molecule has 2 aromatic carbocycles. The molecule has 0 saturated carbocycles. The molecule has 0 bridgehead atoms. The molecule has 26 heavy (non-hydrogen) atoms. The van der Waals surface area contributed by atoms with Gasteiger partial charge in [0.25, 0.3) is 5.91 Å². The Bertz CT molecular complexity index is 957. The van der Waals surface area contributed by atoms with Crippen LogP contribution < -0.4 is 5.32 Å². The third-order valence-corrected chi connectivity index (χ3v) is 6.70. The third-order valence-electron chi connectivity index (χ3n) is 4.32. The van der Waals surface area contributed by atoms with E-state index in [-0.39, 0.29) is 15.5 Å². The van der Waals surface area contributed by atoms with Crippen molar-refractivity contribution < 1.29 is 17.6 Å². The molecule has 0 radical (unpaired) electrons. The van der Waals surface area contributed by atoms with Gasteiger partial charge in [-0.2, -0.15) is 4.31 Å². The molecule has 1 heterocycles. The van der Waals surface area contributed by atoms with E-state index in [9.17, 15) is 17.6 Å². The lowest BCUT2D eigenvalue weighted by molar-refractivity contribution is 0.102. The standard InChI is InChI=1S/C18H18ClFN2O3S/c1-12-4-6-14(20)11-16(12)21-18(23)13-5-7-15(19)17(10-13)26(24,25)22-8-2-3-9-22/h4-7,10-11H,2-3,8-9H2,1H3,(H,21,23). The maximum absolute atomic E-state index is 13.4. The molecule has 5 nitrogen and oxygen atoms in total. The van der Waals surface area contributed by atoms with Crippen LogP contribution in [-0.4, -0.2) is 31.7 Å². The predicted molar refractivity (Wildman–Crippen MR) is 98.5 cm³/mol. The van der Waals surface area contributed by atoms with Crippen LogP contribution in [0, 0.1) is 12.7 Å². The molecule has 1 fully saturated rings. The number of anilines is 1. The third kappa shape index (κ3) is 3.75. The number of hydrogen-bond donors (Lipinski definition) is 1. The number of halogens is 2. The first-order chi connectivity index (χ1) is 12.3. The number of hydrogen-bond acceptors (Lipinski definition) is 3. The highest BCUT2D eigenvalue weighted by Crippen LogP contribution is 2.28. The molecule has 138 valence electrons. The first-order valence-corrected chi connectivity index (χ1v) is 9.98. The quantitative estimate of drug-likeness (QED) is 0.854. The lowest BCUT2D eigenvalue weighted by atomic mass is 10.1. The van der Waals surface area contributed by atoms with Crippen molar-refractivity contribution in [1.82, 2.24) is 4.31 Å². The van der Waals surface area contributed by atoms with Crippen LogP contribution >= 0.6 is 11.6 Å². The van der Waals surface area contributed by atoms with Crippen LogP contribution in [0.2, 0.25) is 5.02 Å². The minimum Gasteiger partial charge on any atom is -0.322 e. The Balaban J connectivity index is 1.92. The molecule has 0 aromatic heterocycles. The van der Waals surface area contributed by atoms with Crippen molar-refractivity contribution in [3.63, 3.8) is 0 Å². The summed E-state index contributed by atoms with van der Waals surface area (Å²) in [6.07, 6.45) is 1.60. The summed E-state index contributed by atoms with van der Waals surface area (Å²) < 4.78 is 40.3. The van der Waals surface area contributed by atoms with Gasteiger partial charge in [0.15, 0.2) is 0 Å². The van der Waals surface area contributed by atoms with Crippen molar-refractivity contribution in [2.75, 3.05) is 18.4 Å². The predicted octanol–water partition coefficient (Wildman–Crippen LogP) is 3.82. The van der Waals surface area contributed by atoms with E-state index in [0.717, 1.165) is 12.8 Å². The number of carbonyl (C=O) groups is 1. The van der Waals surface area contributed by atoms with Crippen molar-refractivity contribution in [3.8, 4) is 0 Å². The molecule has 1 amide bonds. The average molecular weight is 397 g/mol. The molecular weight excluding hydrogens is 379 g/mol. The van der Waals surface area contributed by atoms with Crippen molar-refractivity contribution in [3.05, 3.63) is 58.4 Å². The van der Waals surface area contributed by atoms with Gasteiger partial charge in [-0.25, -0.2) is 12.8 Å². The Morgan fingerprint density at radius 1 is 1.15 bits per heavy atom. The Morgan fingerprint density at radius 3 is 2.54 bits per heavy atom. The van der Waals surface area contributed by atoms with E-state index < -0.39 is 21.7 Å². The first kappa shape index (κ1) is 18.8.